The van der Waals surface area contributed by atoms with Crippen LogP contribution in [-0.2, 0) is 0 Å². The SMILES string of the molecule is CC1CCCC(Nc2nccc(C#N)c2[N+](=O)[O-])C1C. The monoisotopic (exact) mass is 274 g/mol. The fourth-order valence-electron chi connectivity index (χ4n) is 2.80. The lowest BCUT2D eigenvalue weighted by molar-refractivity contribution is -0.384. The molecule has 0 aromatic carbocycles. The molecule has 1 saturated carbocycles. The average Bonchev–Trinajstić information content (AvgIpc) is 2.43. The Morgan fingerprint density at radius 1 is 1.50 bits per heavy atom. The van der Waals surface area contributed by atoms with E-state index in [-0.39, 0.29) is 23.1 Å². The number of nitriles is 1. The van der Waals surface area contributed by atoms with Gasteiger partial charge in [-0.05, 0) is 24.3 Å². The first-order chi connectivity index (χ1) is 9.54. The minimum atomic E-state index is -0.537. The zero-order valence-electron chi connectivity index (χ0n) is 11.7. The molecule has 1 aromatic rings. The van der Waals surface area contributed by atoms with Gasteiger partial charge in [-0.15, -0.1) is 0 Å². The van der Waals surface area contributed by atoms with Gasteiger partial charge >= 0.3 is 5.69 Å². The molecule has 0 bridgehead atoms. The summed E-state index contributed by atoms with van der Waals surface area (Å²) in [4.78, 5) is 14.7. The van der Waals surface area contributed by atoms with Crippen LogP contribution < -0.4 is 5.32 Å². The Morgan fingerprint density at radius 3 is 2.90 bits per heavy atom. The van der Waals surface area contributed by atoms with Crippen LogP contribution in [-0.4, -0.2) is 15.9 Å². The highest BCUT2D eigenvalue weighted by Gasteiger charge is 2.30. The van der Waals surface area contributed by atoms with Gasteiger partial charge in [-0.25, -0.2) is 4.98 Å². The van der Waals surface area contributed by atoms with E-state index in [9.17, 15) is 10.1 Å². The van der Waals surface area contributed by atoms with Crippen LogP contribution in [0, 0.1) is 33.3 Å². The van der Waals surface area contributed by atoms with Crippen molar-refractivity contribution in [3.63, 3.8) is 0 Å². The van der Waals surface area contributed by atoms with Gasteiger partial charge in [0.1, 0.15) is 11.6 Å². The molecule has 1 heterocycles. The summed E-state index contributed by atoms with van der Waals surface area (Å²) in [6, 6.07) is 3.39. The summed E-state index contributed by atoms with van der Waals surface area (Å²) in [6.07, 6.45) is 4.70. The van der Waals surface area contributed by atoms with Crippen LogP contribution >= 0.6 is 0 Å². The van der Waals surface area contributed by atoms with Gasteiger partial charge in [0, 0.05) is 12.2 Å². The topological polar surface area (TPSA) is 91.8 Å². The van der Waals surface area contributed by atoms with Crippen molar-refractivity contribution in [3.05, 3.63) is 27.9 Å². The second-order valence-corrected chi connectivity index (χ2v) is 5.44. The van der Waals surface area contributed by atoms with Crippen molar-refractivity contribution >= 4 is 11.5 Å². The van der Waals surface area contributed by atoms with Crippen molar-refractivity contribution < 1.29 is 4.92 Å². The van der Waals surface area contributed by atoms with E-state index >= 15 is 0 Å². The normalized spacial score (nSPS) is 25.8. The van der Waals surface area contributed by atoms with E-state index in [1.165, 1.54) is 18.7 Å². The Balaban J connectivity index is 2.30. The minimum Gasteiger partial charge on any atom is -0.361 e. The highest BCUT2D eigenvalue weighted by molar-refractivity contribution is 5.64. The van der Waals surface area contributed by atoms with Crippen LogP contribution in [0.5, 0.6) is 0 Å². The standard InChI is InChI=1S/C14H18N4O2/c1-9-4-3-5-12(10(9)2)17-14-13(18(19)20)11(8-15)6-7-16-14/h6-7,9-10,12H,3-5H2,1-2H3,(H,16,17). The molecule has 2 rings (SSSR count). The summed E-state index contributed by atoms with van der Waals surface area (Å²) in [6.45, 7) is 4.35. The summed E-state index contributed by atoms with van der Waals surface area (Å²) in [5.41, 5.74) is -0.176. The van der Waals surface area contributed by atoms with E-state index in [1.54, 1.807) is 0 Å². The van der Waals surface area contributed by atoms with Crippen LogP contribution in [0.3, 0.4) is 0 Å². The van der Waals surface area contributed by atoms with Gasteiger partial charge in [0.05, 0.1) is 4.92 Å². The third kappa shape index (κ3) is 2.72. The van der Waals surface area contributed by atoms with E-state index < -0.39 is 4.92 Å². The average molecular weight is 274 g/mol. The van der Waals surface area contributed by atoms with Gasteiger partial charge < -0.3 is 5.32 Å². The Bertz CT molecular complexity index is 553. The molecule has 0 radical (unpaired) electrons. The maximum Gasteiger partial charge on any atom is 0.328 e. The summed E-state index contributed by atoms with van der Waals surface area (Å²) in [5, 5.41) is 23.3. The predicted molar refractivity (Wildman–Crippen MR) is 75.2 cm³/mol. The number of nitro groups is 1. The molecule has 6 heteroatoms. The van der Waals surface area contributed by atoms with E-state index in [1.807, 2.05) is 6.07 Å². The molecule has 1 aliphatic carbocycles. The van der Waals surface area contributed by atoms with Crippen molar-refractivity contribution in [2.75, 3.05) is 5.32 Å². The van der Waals surface area contributed by atoms with E-state index in [0.717, 1.165) is 12.8 Å². The Hall–Kier alpha value is -2.16. The molecule has 1 aliphatic rings. The molecule has 1 N–H and O–H groups in total. The first-order valence-corrected chi connectivity index (χ1v) is 6.84. The number of aromatic nitrogens is 1. The van der Waals surface area contributed by atoms with Crippen LogP contribution in [0.4, 0.5) is 11.5 Å². The largest absolute Gasteiger partial charge is 0.361 e. The molecule has 0 saturated heterocycles. The maximum atomic E-state index is 11.2. The highest BCUT2D eigenvalue weighted by Crippen LogP contribution is 2.34. The van der Waals surface area contributed by atoms with Crippen LogP contribution in [0.1, 0.15) is 38.7 Å². The Morgan fingerprint density at radius 2 is 2.25 bits per heavy atom. The lowest BCUT2D eigenvalue weighted by atomic mass is 9.78. The zero-order chi connectivity index (χ0) is 14.7. The molecule has 0 aliphatic heterocycles. The number of hydrogen-bond acceptors (Lipinski definition) is 5. The van der Waals surface area contributed by atoms with Gasteiger partial charge in [-0.2, -0.15) is 5.26 Å². The van der Waals surface area contributed by atoms with Crippen molar-refractivity contribution in [2.24, 2.45) is 11.8 Å². The van der Waals surface area contributed by atoms with Crippen molar-refractivity contribution in [1.82, 2.24) is 4.98 Å². The molecule has 6 nitrogen and oxygen atoms in total. The number of hydrogen-bond donors (Lipinski definition) is 1. The smallest absolute Gasteiger partial charge is 0.328 e. The quantitative estimate of drug-likeness (QED) is 0.675. The third-order valence-corrected chi connectivity index (χ3v) is 4.26. The number of nitrogens with one attached hydrogen (secondary N) is 1. The van der Waals surface area contributed by atoms with Crippen LogP contribution in [0.25, 0.3) is 0 Å². The fourth-order valence-corrected chi connectivity index (χ4v) is 2.80. The third-order valence-electron chi connectivity index (χ3n) is 4.26. The molecule has 106 valence electrons. The van der Waals surface area contributed by atoms with Gasteiger partial charge in [0.15, 0.2) is 0 Å². The molecule has 0 amide bonds. The Kier molecular flexibility index (Phi) is 4.18. The first-order valence-electron chi connectivity index (χ1n) is 6.84. The van der Waals surface area contributed by atoms with Crippen molar-refractivity contribution in [2.45, 2.75) is 39.2 Å². The first kappa shape index (κ1) is 14.3. The molecule has 20 heavy (non-hydrogen) atoms. The summed E-state index contributed by atoms with van der Waals surface area (Å²) < 4.78 is 0. The lowest BCUT2D eigenvalue weighted by Crippen LogP contribution is -2.35. The Labute approximate surface area is 118 Å². The van der Waals surface area contributed by atoms with Gasteiger partial charge in [0.2, 0.25) is 5.82 Å². The zero-order valence-corrected chi connectivity index (χ0v) is 11.7. The fraction of sp³-hybridized carbons (Fsp3) is 0.571. The molecule has 1 aromatic heterocycles. The second kappa shape index (κ2) is 5.87. The predicted octanol–water partition coefficient (Wildman–Crippen LogP) is 3.10. The lowest BCUT2D eigenvalue weighted by Gasteiger charge is -2.34. The molecule has 1 fully saturated rings. The van der Waals surface area contributed by atoms with Crippen LogP contribution in [0.2, 0.25) is 0 Å². The van der Waals surface area contributed by atoms with E-state index in [2.05, 4.69) is 24.1 Å². The molecular weight excluding hydrogens is 256 g/mol. The second-order valence-electron chi connectivity index (χ2n) is 5.44. The number of pyridine rings is 1. The molecule has 3 unspecified atom stereocenters. The molecule has 3 atom stereocenters. The number of anilines is 1. The van der Waals surface area contributed by atoms with Gasteiger partial charge in [-0.1, -0.05) is 26.7 Å². The van der Waals surface area contributed by atoms with Crippen LogP contribution in [0.15, 0.2) is 12.3 Å². The summed E-state index contributed by atoms with van der Waals surface area (Å²) in [7, 11) is 0. The number of nitrogens with zero attached hydrogens (tertiary/aromatic N) is 3. The number of rotatable bonds is 3. The van der Waals surface area contributed by atoms with Gasteiger partial charge in [0.25, 0.3) is 0 Å². The van der Waals surface area contributed by atoms with E-state index in [0.29, 0.717) is 11.8 Å². The maximum absolute atomic E-state index is 11.2. The highest BCUT2D eigenvalue weighted by atomic mass is 16.6. The van der Waals surface area contributed by atoms with Crippen molar-refractivity contribution in [1.29, 1.82) is 5.26 Å². The minimum absolute atomic E-state index is 0.0454. The van der Waals surface area contributed by atoms with E-state index in [4.69, 9.17) is 5.26 Å². The molecular formula is C14H18N4O2. The summed E-state index contributed by atoms with van der Waals surface area (Å²) in [5.74, 6) is 1.22. The molecule has 0 spiro atoms. The van der Waals surface area contributed by atoms with Gasteiger partial charge in [-0.3, -0.25) is 10.1 Å². The van der Waals surface area contributed by atoms with Crippen molar-refractivity contribution in [3.8, 4) is 6.07 Å². The summed E-state index contributed by atoms with van der Waals surface area (Å²) >= 11 is 0.